The summed E-state index contributed by atoms with van der Waals surface area (Å²) in [6.45, 7) is 0. The van der Waals surface area contributed by atoms with E-state index in [2.05, 4.69) is 17.8 Å². The van der Waals surface area contributed by atoms with Crippen molar-refractivity contribution in [2.45, 2.75) is 0 Å². The van der Waals surface area contributed by atoms with Crippen LogP contribution in [0, 0.1) is 0 Å². The molecule has 1 saturated heterocycles. The van der Waals surface area contributed by atoms with Crippen molar-refractivity contribution in [1.82, 2.24) is 0 Å². The summed E-state index contributed by atoms with van der Waals surface area (Å²) in [6.07, 6.45) is 0. The molecule has 0 aliphatic carbocycles. The van der Waals surface area contributed by atoms with Crippen LogP contribution in [0.3, 0.4) is 0 Å². The van der Waals surface area contributed by atoms with Gasteiger partial charge in [-0.25, -0.2) is 0 Å². The summed E-state index contributed by atoms with van der Waals surface area (Å²) < 4.78 is 0. The van der Waals surface area contributed by atoms with Crippen LogP contribution in [-0.2, 0) is 0 Å². The molecule has 0 aromatic carbocycles. The number of rotatable bonds is 0. The Morgan fingerprint density at radius 2 is 1.83 bits per heavy atom. The molecule has 0 N–H and O–H groups in total. The van der Waals surface area contributed by atoms with Crippen molar-refractivity contribution in [3.63, 3.8) is 0 Å². The zero-order chi connectivity index (χ0) is 4.24. The Morgan fingerprint density at radius 1 is 1.17 bits per heavy atom. The molecule has 1 aliphatic heterocycles. The molecule has 0 saturated carbocycles. The molecule has 1 heterocycles. The minimum absolute atomic E-state index is 0.241. The molecule has 0 bridgehead atoms. The van der Waals surface area contributed by atoms with Crippen molar-refractivity contribution < 1.29 is 0 Å². The molecule has 0 aromatic rings. The average molecular weight is 463 g/mol. The van der Waals surface area contributed by atoms with Crippen molar-refractivity contribution in [1.29, 1.82) is 0 Å². The first-order valence-electron chi connectivity index (χ1n) is 1.18. The van der Waals surface area contributed by atoms with Crippen LogP contribution in [-0.4, -0.2) is 56.4 Å². The molecule has 0 atom stereocenters. The Kier molecular flexibility index (Phi) is 6.72. The van der Waals surface area contributed by atoms with Crippen LogP contribution >= 0.6 is 17.8 Å². The van der Waals surface area contributed by atoms with E-state index in [0.717, 1.165) is 0 Å². The van der Waals surface area contributed by atoms with Gasteiger partial charge in [-0.15, -0.1) is 0 Å². The molecule has 0 amide bonds. The maximum atomic E-state index is 2.40. The molecule has 0 nitrogen and oxygen atoms in total. The van der Waals surface area contributed by atoms with Gasteiger partial charge in [0.05, 0.1) is 0 Å². The molecule has 0 aromatic heterocycles. The van der Waals surface area contributed by atoms with Gasteiger partial charge in [-0.2, -0.15) is 0 Å². The van der Waals surface area contributed by atoms with E-state index in [1.807, 2.05) is 0 Å². The molecule has 6 heteroatoms. The Bertz CT molecular complexity index is 21.5. The number of hydrogen-bond acceptors (Lipinski definition) is 3. The van der Waals surface area contributed by atoms with Crippen LogP contribution in [0.25, 0.3) is 0 Å². The van der Waals surface area contributed by atoms with Gasteiger partial charge < -0.3 is 0 Å². The maximum absolute atomic E-state index is 2.40. The van der Waals surface area contributed by atoms with Gasteiger partial charge in [0.25, 0.3) is 0 Å². The predicted molar refractivity (Wildman–Crippen MR) is 42.8 cm³/mol. The summed E-state index contributed by atoms with van der Waals surface area (Å²) in [5.74, 6) is 7.16. The van der Waals surface area contributed by atoms with E-state index >= 15 is 0 Å². The minimum atomic E-state index is 0.241. The quantitative estimate of drug-likeness (QED) is 0.474. The molecular formula is H2S3Sb3. The van der Waals surface area contributed by atoms with E-state index in [1.165, 1.54) is 0 Å². The first-order valence-corrected chi connectivity index (χ1v) is 23.8. The Hall–Kier alpha value is 3.50. The van der Waals surface area contributed by atoms with E-state index < -0.39 is 0 Å². The first kappa shape index (κ1) is 7.61. The SMILES string of the molecule is [S]1[Sb][S][SbH][S][SbH]1. The standard InChI is InChI=1S/3S.3Sb.2H. The molecule has 1 radical (unpaired) electrons. The van der Waals surface area contributed by atoms with E-state index in [4.69, 9.17) is 0 Å². The van der Waals surface area contributed by atoms with E-state index in [0.29, 0.717) is 18.8 Å². The van der Waals surface area contributed by atoms with Gasteiger partial charge in [0.2, 0.25) is 0 Å². The fraction of sp³-hybridized carbons (Fsp3) is 0. The topological polar surface area (TPSA) is 0 Å². The summed E-state index contributed by atoms with van der Waals surface area (Å²) in [7, 11) is 0. The van der Waals surface area contributed by atoms with Crippen LogP contribution in [0.4, 0.5) is 0 Å². The molecule has 1 aliphatic rings. The molecule has 1 rings (SSSR count). The third-order valence-corrected chi connectivity index (χ3v) is 94.1. The predicted octanol–water partition coefficient (Wildman–Crippen LogP) is 0.267. The second kappa shape index (κ2) is 5.30. The third-order valence-electron chi connectivity index (χ3n) is 0.232. The van der Waals surface area contributed by atoms with Crippen LogP contribution in [0.5, 0.6) is 0 Å². The summed E-state index contributed by atoms with van der Waals surface area (Å²) in [4.78, 5) is 0. The zero-order valence-corrected chi connectivity index (χ0v) is 13.4. The zero-order valence-electron chi connectivity index (χ0n) is 2.67. The van der Waals surface area contributed by atoms with E-state index in [-0.39, 0.29) is 37.6 Å². The van der Waals surface area contributed by atoms with E-state index in [9.17, 15) is 0 Å². The van der Waals surface area contributed by atoms with Crippen molar-refractivity contribution in [2.24, 2.45) is 0 Å². The summed E-state index contributed by atoms with van der Waals surface area (Å²) in [6, 6.07) is 0. The average Bonchev–Trinajstić information content (AvgIpc) is 1.72. The monoisotopic (exact) mass is 461 g/mol. The van der Waals surface area contributed by atoms with Crippen LogP contribution < -0.4 is 0 Å². The molecule has 1 fully saturated rings. The van der Waals surface area contributed by atoms with Crippen LogP contribution in [0.2, 0.25) is 0 Å². The van der Waals surface area contributed by atoms with Crippen LogP contribution in [0.1, 0.15) is 0 Å². The first-order chi connectivity index (χ1) is 3.00. The molecular weight excluding hydrogens is 461 g/mol. The summed E-state index contributed by atoms with van der Waals surface area (Å²) >= 11 is 0.875. The fourth-order valence-electron chi connectivity index (χ4n) is 0.103. The molecule has 35 valence electrons. The van der Waals surface area contributed by atoms with Crippen LogP contribution in [0.15, 0.2) is 0 Å². The van der Waals surface area contributed by atoms with Gasteiger partial charge in [-0.1, -0.05) is 0 Å². The van der Waals surface area contributed by atoms with Gasteiger partial charge in [0.1, 0.15) is 0 Å². The van der Waals surface area contributed by atoms with Crippen molar-refractivity contribution in [2.75, 3.05) is 0 Å². The van der Waals surface area contributed by atoms with E-state index in [1.54, 1.807) is 0 Å². The summed E-state index contributed by atoms with van der Waals surface area (Å²) in [5, 5.41) is 0. The van der Waals surface area contributed by atoms with Crippen molar-refractivity contribution in [3.8, 4) is 0 Å². The second-order valence-electron chi connectivity index (χ2n) is 0.526. The van der Waals surface area contributed by atoms with Gasteiger partial charge >= 0.3 is 74.3 Å². The van der Waals surface area contributed by atoms with Gasteiger partial charge in [-0.05, 0) is 0 Å². The number of hydrogen-bond donors (Lipinski definition) is 0. The molecule has 0 spiro atoms. The fourth-order valence-corrected chi connectivity index (χ4v) is 210. The molecule has 6 heavy (non-hydrogen) atoms. The van der Waals surface area contributed by atoms with Gasteiger partial charge in [0.15, 0.2) is 0 Å². The van der Waals surface area contributed by atoms with Crippen molar-refractivity contribution >= 4 is 74.3 Å². The Morgan fingerprint density at radius 3 is 2.00 bits per heavy atom. The summed E-state index contributed by atoms with van der Waals surface area (Å²) in [5.41, 5.74) is 0. The third kappa shape index (κ3) is 3.51. The van der Waals surface area contributed by atoms with Crippen molar-refractivity contribution in [3.05, 3.63) is 0 Å². The second-order valence-corrected chi connectivity index (χ2v) is 53.0. The van der Waals surface area contributed by atoms with Gasteiger partial charge in [-0.3, -0.25) is 0 Å². The Labute approximate surface area is 72.1 Å². The normalized spacial score (nSPS) is 24.0. The molecule has 0 unspecified atom stereocenters. The van der Waals surface area contributed by atoms with Gasteiger partial charge in [0, 0.05) is 0 Å². The Balaban J connectivity index is 2.00.